The molecule has 4 aromatic rings. The summed E-state index contributed by atoms with van der Waals surface area (Å²) in [6.07, 6.45) is 1.76. The molecule has 180 valence electrons. The Kier molecular flexibility index (Phi) is 6.35. The minimum absolute atomic E-state index is 0.0628. The molecule has 0 spiro atoms. The summed E-state index contributed by atoms with van der Waals surface area (Å²) in [5.74, 6) is 1.50. The van der Waals surface area contributed by atoms with Gasteiger partial charge < -0.3 is 15.0 Å². The fourth-order valence-electron chi connectivity index (χ4n) is 4.81. The quantitative estimate of drug-likeness (QED) is 0.459. The van der Waals surface area contributed by atoms with E-state index in [1.165, 1.54) is 0 Å². The first-order valence-corrected chi connectivity index (χ1v) is 12.0. The molecule has 1 unspecified atom stereocenters. The summed E-state index contributed by atoms with van der Waals surface area (Å²) >= 11 is 0. The molecule has 1 fully saturated rings. The van der Waals surface area contributed by atoms with Gasteiger partial charge in [-0.25, -0.2) is 4.68 Å². The van der Waals surface area contributed by atoms with Crippen molar-refractivity contribution in [2.24, 2.45) is 5.92 Å². The first-order chi connectivity index (χ1) is 17.0. The predicted molar refractivity (Wildman–Crippen MR) is 136 cm³/mol. The van der Waals surface area contributed by atoms with Crippen molar-refractivity contribution in [1.29, 1.82) is 0 Å². The Morgan fingerprint density at radius 2 is 1.86 bits per heavy atom. The molecule has 0 bridgehead atoms. The molecule has 1 aliphatic rings. The number of hydrogen-bond donors (Lipinski definition) is 1. The van der Waals surface area contributed by atoms with Crippen LogP contribution in [0.1, 0.15) is 29.8 Å². The number of fused-ring (bicyclic) bond motifs is 1. The second-order valence-electron chi connectivity index (χ2n) is 9.02. The first kappa shape index (κ1) is 22.8. The van der Waals surface area contributed by atoms with Crippen LogP contribution in [-0.4, -0.2) is 46.1 Å². The summed E-state index contributed by atoms with van der Waals surface area (Å²) in [5.41, 5.74) is 4.76. The molecule has 1 atom stereocenters. The first-order valence-electron chi connectivity index (χ1n) is 12.0. The smallest absolute Gasteiger partial charge is 0.225 e. The predicted octanol–water partition coefficient (Wildman–Crippen LogP) is 3.97. The van der Waals surface area contributed by atoms with Gasteiger partial charge >= 0.3 is 0 Å². The van der Waals surface area contributed by atoms with E-state index in [4.69, 9.17) is 9.84 Å². The van der Waals surface area contributed by atoms with E-state index in [2.05, 4.69) is 27.3 Å². The summed E-state index contributed by atoms with van der Waals surface area (Å²) in [6.45, 7) is 5.95. The highest BCUT2D eigenvalue weighted by atomic mass is 16.5. The van der Waals surface area contributed by atoms with E-state index in [-0.39, 0.29) is 11.8 Å². The molecular weight excluding hydrogens is 440 g/mol. The van der Waals surface area contributed by atoms with Crippen molar-refractivity contribution in [2.75, 3.05) is 25.1 Å². The normalized spacial score (nSPS) is 15.9. The van der Waals surface area contributed by atoms with Gasteiger partial charge in [0, 0.05) is 19.6 Å². The minimum atomic E-state index is -0.113. The van der Waals surface area contributed by atoms with Crippen molar-refractivity contribution in [3.8, 4) is 11.4 Å². The maximum absolute atomic E-state index is 13.0. The number of nitrogens with one attached hydrogen (secondary N) is 1. The standard InChI is InChI=1S/C27H30N6O2/c1-18-24-19(2)33(22-9-5-4-6-10-22)31-25(24)26(30-29-18)32-15-7-8-21(17-32)27(34)28-16-20-11-13-23(35-3)14-12-20/h4-6,9-14,21H,7-8,15-17H2,1-3H3,(H,28,34). The van der Waals surface area contributed by atoms with Crippen molar-refractivity contribution >= 4 is 22.6 Å². The van der Waals surface area contributed by atoms with E-state index in [1.807, 2.05) is 66.2 Å². The number of hydrogen-bond acceptors (Lipinski definition) is 6. The van der Waals surface area contributed by atoms with Gasteiger partial charge in [-0.3, -0.25) is 4.79 Å². The van der Waals surface area contributed by atoms with Crippen LogP contribution >= 0.6 is 0 Å². The van der Waals surface area contributed by atoms with E-state index in [1.54, 1.807) is 7.11 Å². The molecule has 8 nitrogen and oxygen atoms in total. The Morgan fingerprint density at radius 3 is 2.60 bits per heavy atom. The zero-order valence-corrected chi connectivity index (χ0v) is 20.4. The van der Waals surface area contributed by atoms with Crippen molar-refractivity contribution in [3.63, 3.8) is 0 Å². The number of rotatable bonds is 6. The maximum atomic E-state index is 13.0. The molecule has 1 amide bonds. The summed E-state index contributed by atoms with van der Waals surface area (Å²) in [6, 6.07) is 17.8. The second-order valence-corrected chi connectivity index (χ2v) is 9.02. The topological polar surface area (TPSA) is 85.2 Å². The Balaban J connectivity index is 1.36. The molecule has 1 aliphatic heterocycles. The van der Waals surface area contributed by atoms with Gasteiger partial charge in [0.25, 0.3) is 0 Å². The molecule has 5 rings (SSSR count). The third-order valence-corrected chi connectivity index (χ3v) is 6.70. The number of aryl methyl sites for hydroxylation is 2. The number of amides is 1. The van der Waals surface area contributed by atoms with E-state index in [0.29, 0.717) is 13.1 Å². The highest BCUT2D eigenvalue weighted by molar-refractivity contribution is 5.92. The van der Waals surface area contributed by atoms with Crippen molar-refractivity contribution in [2.45, 2.75) is 33.2 Å². The molecule has 35 heavy (non-hydrogen) atoms. The zero-order chi connectivity index (χ0) is 24.4. The van der Waals surface area contributed by atoms with Crippen LogP contribution in [0.3, 0.4) is 0 Å². The summed E-state index contributed by atoms with van der Waals surface area (Å²) in [5, 5.41) is 18.0. The average Bonchev–Trinajstić information content (AvgIpc) is 3.26. The summed E-state index contributed by atoms with van der Waals surface area (Å²) in [7, 11) is 1.64. The summed E-state index contributed by atoms with van der Waals surface area (Å²) in [4.78, 5) is 15.2. The van der Waals surface area contributed by atoms with E-state index < -0.39 is 0 Å². The van der Waals surface area contributed by atoms with Crippen LogP contribution in [0.25, 0.3) is 16.6 Å². The monoisotopic (exact) mass is 470 g/mol. The van der Waals surface area contributed by atoms with E-state index >= 15 is 0 Å². The number of carbonyl (C=O) groups excluding carboxylic acids is 1. The number of ether oxygens (including phenoxy) is 1. The van der Waals surface area contributed by atoms with Crippen molar-refractivity contribution < 1.29 is 9.53 Å². The van der Waals surface area contributed by atoms with Crippen LogP contribution in [0.15, 0.2) is 54.6 Å². The van der Waals surface area contributed by atoms with Crippen LogP contribution in [0.5, 0.6) is 5.75 Å². The van der Waals surface area contributed by atoms with E-state index in [9.17, 15) is 4.79 Å². The molecule has 1 saturated heterocycles. The third-order valence-electron chi connectivity index (χ3n) is 6.70. The largest absolute Gasteiger partial charge is 0.497 e. The SMILES string of the molecule is COc1ccc(CNC(=O)C2CCCN(c3nnc(C)c4c(C)n(-c5ccccc5)nc34)C2)cc1. The molecule has 8 heteroatoms. The Hall–Kier alpha value is -3.94. The lowest BCUT2D eigenvalue weighted by Crippen LogP contribution is -2.43. The molecule has 1 N–H and O–H groups in total. The van der Waals surface area contributed by atoms with Gasteiger partial charge in [0.2, 0.25) is 5.91 Å². The van der Waals surface area contributed by atoms with Gasteiger partial charge in [-0.1, -0.05) is 30.3 Å². The zero-order valence-electron chi connectivity index (χ0n) is 20.4. The number of nitrogens with zero attached hydrogens (tertiary/aromatic N) is 5. The van der Waals surface area contributed by atoms with Crippen LogP contribution in [0, 0.1) is 19.8 Å². The molecule has 0 saturated carbocycles. The second kappa shape index (κ2) is 9.74. The molecule has 0 aliphatic carbocycles. The average molecular weight is 471 g/mol. The van der Waals surface area contributed by atoms with Gasteiger partial charge in [-0.15, -0.1) is 5.10 Å². The number of aromatic nitrogens is 4. The number of methoxy groups -OCH3 is 1. The Labute approximate surface area is 204 Å². The van der Waals surface area contributed by atoms with Gasteiger partial charge in [0.15, 0.2) is 5.82 Å². The fourth-order valence-corrected chi connectivity index (χ4v) is 4.81. The molecule has 0 radical (unpaired) electrons. The Bertz CT molecular complexity index is 1330. The lowest BCUT2D eigenvalue weighted by molar-refractivity contribution is -0.125. The van der Waals surface area contributed by atoms with Gasteiger partial charge in [-0.2, -0.15) is 10.2 Å². The summed E-state index contributed by atoms with van der Waals surface area (Å²) < 4.78 is 7.16. The number of anilines is 1. The number of benzene rings is 2. The van der Waals surface area contributed by atoms with Crippen molar-refractivity contribution in [3.05, 3.63) is 71.5 Å². The van der Waals surface area contributed by atoms with Gasteiger partial charge in [-0.05, 0) is 56.5 Å². The minimum Gasteiger partial charge on any atom is -0.497 e. The highest BCUT2D eigenvalue weighted by Gasteiger charge is 2.29. The lowest BCUT2D eigenvalue weighted by Gasteiger charge is -2.32. The Morgan fingerprint density at radius 1 is 1.09 bits per heavy atom. The van der Waals surface area contributed by atoms with Crippen LogP contribution in [-0.2, 0) is 11.3 Å². The van der Waals surface area contributed by atoms with Crippen LogP contribution < -0.4 is 15.0 Å². The van der Waals surface area contributed by atoms with Crippen LogP contribution in [0.2, 0.25) is 0 Å². The number of carbonyl (C=O) groups is 1. The lowest BCUT2D eigenvalue weighted by atomic mass is 9.97. The van der Waals surface area contributed by atoms with E-state index in [0.717, 1.165) is 64.5 Å². The third kappa shape index (κ3) is 4.56. The fraction of sp³-hybridized carbons (Fsp3) is 0.333. The molecule has 3 heterocycles. The number of para-hydroxylation sites is 1. The molecular formula is C27H30N6O2. The number of piperidine rings is 1. The van der Waals surface area contributed by atoms with Crippen LogP contribution in [0.4, 0.5) is 5.82 Å². The maximum Gasteiger partial charge on any atom is 0.225 e. The van der Waals surface area contributed by atoms with Gasteiger partial charge in [0.1, 0.15) is 11.3 Å². The van der Waals surface area contributed by atoms with Gasteiger partial charge in [0.05, 0.1) is 35.5 Å². The van der Waals surface area contributed by atoms with Crippen molar-refractivity contribution in [1.82, 2.24) is 25.3 Å². The highest BCUT2D eigenvalue weighted by Crippen LogP contribution is 2.31. The molecule has 2 aromatic carbocycles. The molecule has 2 aromatic heterocycles.